The average Bonchev–Trinajstić information content (AvgIpc) is 3.09. The van der Waals surface area contributed by atoms with Crippen LogP contribution < -0.4 is 10.6 Å². The minimum absolute atomic E-state index is 0.242. The molecule has 1 aliphatic rings. The molecule has 1 aliphatic carbocycles. The van der Waals surface area contributed by atoms with E-state index in [1.54, 1.807) is 12.3 Å². The lowest BCUT2D eigenvalue weighted by Gasteiger charge is -2.37. The van der Waals surface area contributed by atoms with E-state index in [0.29, 0.717) is 11.4 Å². The summed E-state index contributed by atoms with van der Waals surface area (Å²) < 4.78 is 26.1. The van der Waals surface area contributed by atoms with E-state index in [1.807, 2.05) is 42.5 Å². The second-order valence-corrected chi connectivity index (χ2v) is 7.41. The Morgan fingerprint density at radius 1 is 1.14 bits per heavy atom. The van der Waals surface area contributed by atoms with Crippen molar-refractivity contribution < 1.29 is 13.9 Å². The van der Waals surface area contributed by atoms with E-state index in [2.05, 4.69) is 25.8 Å². The molecule has 2 aromatic heterocycles. The van der Waals surface area contributed by atoms with Crippen LogP contribution in [0.4, 0.5) is 20.3 Å². The van der Waals surface area contributed by atoms with Crippen LogP contribution in [-0.2, 0) is 0 Å². The molecule has 0 amide bonds. The van der Waals surface area contributed by atoms with Gasteiger partial charge in [-0.2, -0.15) is 5.10 Å². The molecule has 29 heavy (non-hydrogen) atoms. The molecule has 1 atom stereocenters. The number of hydrogen-bond donors (Lipinski definition) is 4. The number of pyridine rings is 1. The highest BCUT2D eigenvalue weighted by Gasteiger charge is 2.45. The van der Waals surface area contributed by atoms with Gasteiger partial charge in [0.15, 0.2) is 5.82 Å². The first kappa shape index (κ1) is 18.0. The standard InChI is InChI=1S/C21H19F2N5O/c22-21(23)10-14(11-21)26-20(29)16-4-1-3-12-9-13(6-7-15(12)16)25-19-18-17(27-28-19)5-2-8-24-18/h1-9,14,20,26,29H,10-11H2,(H2,25,27,28). The molecule has 148 valence electrons. The molecule has 4 N–H and O–H groups in total. The van der Waals surface area contributed by atoms with Gasteiger partial charge in [0.25, 0.3) is 5.92 Å². The minimum atomic E-state index is -2.62. The molecular formula is C21H19F2N5O. The van der Waals surface area contributed by atoms with Crippen LogP contribution in [0.15, 0.2) is 54.7 Å². The zero-order valence-corrected chi connectivity index (χ0v) is 15.4. The van der Waals surface area contributed by atoms with Crippen molar-refractivity contribution in [1.29, 1.82) is 0 Å². The number of halogens is 2. The van der Waals surface area contributed by atoms with E-state index in [0.717, 1.165) is 27.5 Å². The Bertz CT molecular complexity index is 1180. The summed E-state index contributed by atoms with van der Waals surface area (Å²) in [5.41, 5.74) is 3.08. The lowest BCUT2D eigenvalue weighted by Crippen LogP contribution is -2.49. The van der Waals surface area contributed by atoms with Crippen LogP contribution in [0.25, 0.3) is 21.8 Å². The summed E-state index contributed by atoms with van der Waals surface area (Å²) in [6.07, 6.45) is 0.226. The minimum Gasteiger partial charge on any atom is -0.374 e. The van der Waals surface area contributed by atoms with Gasteiger partial charge in [0.1, 0.15) is 11.7 Å². The SMILES string of the molecule is OC(NC1CC(F)(F)C1)c1cccc2cc(Nc3n[nH]c4cccnc34)ccc12. The largest absolute Gasteiger partial charge is 0.374 e. The normalized spacial score (nSPS) is 17.3. The Kier molecular flexibility index (Phi) is 4.18. The second-order valence-electron chi connectivity index (χ2n) is 7.41. The lowest BCUT2D eigenvalue weighted by atomic mass is 9.88. The van der Waals surface area contributed by atoms with E-state index in [9.17, 15) is 13.9 Å². The third-order valence-electron chi connectivity index (χ3n) is 5.28. The number of alkyl halides is 2. The van der Waals surface area contributed by atoms with Crippen LogP contribution in [0.1, 0.15) is 24.6 Å². The number of benzene rings is 2. The maximum atomic E-state index is 13.1. The number of hydrogen-bond acceptors (Lipinski definition) is 5. The van der Waals surface area contributed by atoms with Gasteiger partial charge in [0.05, 0.1) is 5.52 Å². The molecule has 0 radical (unpaired) electrons. The van der Waals surface area contributed by atoms with Crippen molar-refractivity contribution >= 4 is 33.3 Å². The summed E-state index contributed by atoms with van der Waals surface area (Å²) in [5.74, 6) is -1.99. The molecule has 0 spiro atoms. The number of rotatable bonds is 5. The summed E-state index contributed by atoms with van der Waals surface area (Å²) in [5, 5.41) is 25.6. The fourth-order valence-corrected chi connectivity index (χ4v) is 3.79. The average molecular weight is 395 g/mol. The monoisotopic (exact) mass is 395 g/mol. The van der Waals surface area contributed by atoms with Crippen molar-refractivity contribution in [3.63, 3.8) is 0 Å². The molecule has 2 aromatic carbocycles. The van der Waals surface area contributed by atoms with Gasteiger partial charge in [-0.1, -0.05) is 24.3 Å². The highest BCUT2D eigenvalue weighted by atomic mass is 19.3. The number of nitrogens with one attached hydrogen (secondary N) is 3. The maximum Gasteiger partial charge on any atom is 0.251 e. The molecular weight excluding hydrogens is 376 g/mol. The van der Waals surface area contributed by atoms with Gasteiger partial charge in [0.2, 0.25) is 0 Å². The zero-order valence-electron chi connectivity index (χ0n) is 15.4. The first-order chi connectivity index (χ1) is 14.0. The topological polar surface area (TPSA) is 85.9 Å². The van der Waals surface area contributed by atoms with E-state index in [4.69, 9.17) is 0 Å². The Morgan fingerprint density at radius 2 is 2.00 bits per heavy atom. The van der Waals surface area contributed by atoms with Crippen molar-refractivity contribution in [2.24, 2.45) is 0 Å². The molecule has 4 aromatic rings. The molecule has 1 fully saturated rings. The Balaban J connectivity index is 1.40. The number of aliphatic hydroxyl groups excluding tert-OH is 1. The highest BCUT2D eigenvalue weighted by Crippen LogP contribution is 2.38. The van der Waals surface area contributed by atoms with Crippen LogP contribution >= 0.6 is 0 Å². The highest BCUT2D eigenvalue weighted by molar-refractivity contribution is 5.92. The van der Waals surface area contributed by atoms with Crippen molar-refractivity contribution in [2.45, 2.75) is 31.0 Å². The van der Waals surface area contributed by atoms with Gasteiger partial charge in [-0.25, -0.2) is 8.78 Å². The van der Waals surface area contributed by atoms with Crippen LogP contribution in [-0.4, -0.2) is 32.3 Å². The fraction of sp³-hybridized carbons (Fsp3) is 0.238. The van der Waals surface area contributed by atoms with E-state index < -0.39 is 12.2 Å². The van der Waals surface area contributed by atoms with Gasteiger partial charge in [-0.05, 0) is 35.0 Å². The number of H-pyrrole nitrogens is 1. The Labute approximate surface area is 165 Å². The number of aliphatic hydroxyl groups is 1. The van der Waals surface area contributed by atoms with Crippen molar-refractivity contribution in [3.8, 4) is 0 Å². The molecule has 0 saturated heterocycles. The molecule has 8 heteroatoms. The zero-order chi connectivity index (χ0) is 20.0. The number of nitrogens with zero attached hydrogens (tertiary/aromatic N) is 2. The van der Waals surface area contributed by atoms with Gasteiger partial charge in [0, 0.05) is 36.3 Å². The van der Waals surface area contributed by atoms with Crippen LogP contribution in [0.3, 0.4) is 0 Å². The predicted octanol–water partition coefficient (Wildman–Crippen LogP) is 4.23. The number of fused-ring (bicyclic) bond motifs is 2. The molecule has 0 aliphatic heterocycles. The molecule has 0 bridgehead atoms. The third-order valence-corrected chi connectivity index (χ3v) is 5.28. The van der Waals surface area contributed by atoms with Gasteiger partial charge >= 0.3 is 0 Å². The van der Waals surface area contributed by atoms with Crippen LogP contribution in [0.5, 0.6) is 0 Å². The molecule has 6 nitrogen and oxygen atoms in total. The summed E-state index contributed by atoms with van der Waals surface area (Å²) >= 11 is 0. The van der Waals surface area contributed by atoms with Gasteiger partial charge < -0.3 is 10.4 Å². The quantitative estimate of drug-likeness (QED) is 0.380. The molecule has 1 unspecified atom stereocenters. The first-order valence-electron chi connectivity index (χ1n) is 9.39. The summed E-state index contributed by atoms with van der Waals surface area (Å²) in [6, 6.07) is 14.7. The van der Waals surface area contributed by atoms with Crippen molar-refractivity contribution in [3.05, 3.63) is 60.3 Å². The fourth-order valence-electron chi connectivity index (χ4n) is 3.79. The molecule has 1 saturated carbocycles. The lowest BCUT2D eigenvalue weighted by molar-refractivity contribution is -0.102. The summed E-state index contributed by atoms with van der Waals surface area (Å²) in [7, 11) is 0. The van der Waals surface area contributed by atoms with Crippen molar-refractivity contribution in [1.82, 2.24) is 20.5 Å². The second kappa shape index (κ2) is 6.75. The predicted molar refractivity (Wildman–Crippen MR) is 107 cm³/mol. The van der Waals surface area contributed by atoms with Crippen molar-refractivity contribution in [2.75, 3.05) is 5.32 Å². The first-order valence-corrected chi connectivity index (χ1v) is 9.39. The number of aromatic amines is 1. The van der Waals surface area contributed by atoms with Gasteiger partial charge in [-0.3, -0.25) is 15.4 Å². The smallest absolute Gasteiger partial charge is 0.251 e. The summed E-state index contributed by atoms with van der Waals surface area (Å²) in [4.78, 5) is 4.34. The van der Waals surface area contributed by atoms with E-state index in [1.165, 1.54) is 0 Å². The van der Waals surface area contributed by atoms with E-state index in [-0.39, 0.29) is 18.9 Å². The third kappa shape index (κ3) is 3.41. The van der Waals surface area contributed by atoms with Crippen LogP contribution in [0, 0.1) is 0 Å². The molecule has 2 heterocycles. The number of anilines is 2. The maximum absolute atomic E-state index is 13.1. The Hall–Kier alpha value is -3.10. The molecule has 5 rings (SSSR count). The summed E-state index contributed by atoms with van der Waals surface area (Å²) in [6.45, 7) is 0. The Morgan fingerprint density at radius 3 is 2.83 bits per heavy atom. The van der Waals surface area contributed by atoms with Crippen LogP contribution in [0.2, 0.25) is 0 Å². The van der Waals surface area contributed by atoms with E-state index >= 15 is 0 Å². The number of aromatic nitrogens is 3. The van der Waals surface area contributed by atoms with Gasteiger partial charge in [-0.15, -0.1) is 0 Å².